The quantitative estimate of drug-likeness (QED) is 0.457. The molecule has 0 radical (unpaired) electrons. The molecule has 1 unspecified atom stereocenters. The molecule has 1 saturated heterocycles. The Morgan fingerprint density at radius 1 is 1.06 bits per heavy atom. The number of rotatable bonds is 6. The number of hydrogen-bond acceptors (Lipinski definition) is 4. The van der Waals surface area contributed by atoms with Gasteiger partial charge in [-0.15, -0.1) is 0 Å². The fraction of sp³-hybridized carbons (Fsp3) is 0.250. The zero-order valence-electron chi connectivity index (χ0n) is 20.2. The second kappa shape index (κ2) is 9.13. The lowest BCUT2D eigenvalue weighted by Gasteiger charge is -2.29. The summed E-state index contributed by atoms with van der Waals surface area (Å²) in [5.74, 6) is -1.93. The van der Waals surface area contributed by atoms with Crippen LogP contribution in [0.3, 0.4) is 0 Å². The number of anilines is 1. The van der Waals surface area contributed by atoms with Gasteiger partial charge in [0.2, 0.25) is 0 Å². The van der Waals surface area contributed by atoms with Crippen LogP contribution in [0.5, 0.6) is 0 Å². The van der Waals surface area contributed by atoms with E-state index in [-0.39, 0.29) is 11.5 Å². The Kier molecular flexibility index (Phi) is 5.97. The van der Waals surface area contributed by atoms with Crippen molar-refractivity contribution in [3.05, 3.63) is 76.6 Å². The van der Waals surface area contributed by atoms with Gasteiger partial charge >= 0.3 is 5.97 Å². The molecule has 2 aliphatic rings. The maximum absolute atomic E-state index is 13.1. The number of carboxylic acid groups (broad SMARTS) is 1. The summed E-state index contributed by atoms with van der Waals surface area (Å²) in [6, 6.07) is 15.6. The van der Waals surface area contributed by atoms with E-state index in [2.05, 4.69) is 5.32 Å². The van der Waals surface area contributed by atoms with Crippen LogP contribution in [0.15, 0.2) is 48.5 Å². The molecule has 1 fully saturated rings. The van der Waals surface area contributed by atoms with E-state index in [4.69, 9.17) is 5.73 Å². The lowest BCUT2D eigenvalue weighted by molar-refractivity contribution is -0.126. The monoisotopic (exact) mass is 484 g/mol. The number of aromatic nitrogens is 1. The number of fused-ring (bicyclic) bond motifs is 1. The van der Waals surface area contributed by atoms with Gasteiger partial charge in [0.1, 0.15) is 0 Å². The number of nitrogens with one attached hydrogen (secondary N) is 1. The van der Waals surface area contributed by atoms with Crippen molar-refractivity contribution in [1.82, 2.24) is 9.47 Å². The lowest BCUT2D eigenvalue weighted by atomic mass is 9.98. The number of likely N-dealkylation sites (tertiary alicyclic amines) is 1. The SMILES string of the molecule is Cc1c(C(=O)O)c(C)n(C(C(N)=O)N2CCCC2)c1C=C1C(=O)Nc2ccc(-c3ccccc3)cc21. The zero-order chi connectivity index (χ0) is 25.6. The van der Waals surface area contributed by atoms with Crippen molar-refractivity contribution in [3.8, 4) is 11.1 Å². The van der Waals surface area contributed by atoms with Gasteiger partial charge in [-0.2, -0.15) is 0 Å². The minimum Gasteiger partial charge on any atom is -0.478 e. The zero-order valence-corrected chi connectivity index (χ0v) is 20.2. The Labute approximate surface area is 209 Å². The molecule has 8 heteroatoms. The van der Waals surface area contributed by atoms with Crippen LogP contribution >= 0.6 is 0 Å². The lowest BCUT2D eigenvalue weighted by Crippen LogP contribution is -2.41. The maximum atomic E-state index is 13.1. The molecule has 0 bridgehead atoms. The van der Waals surface area contributed by atoms with Crippen molar-refractivity contribution in [2.75, 3.05) is 18.4 Å². The second-order valence-electron chi connectivity index (χ2n) is 9.30. The summed E-state index contributed by atoms with van der Waals surface area (Å²) in [6.07, 6.45) is 2.72. The summed E-state index contributed by atoms with van der Waals surface area (Å²) in [7, 11) is 0. The standard InChI is InChI=1S/C28H28N4O4/c1-16-23(32(17(2)24(16)28(35)36)27(25(29)33)31-12-6-7-13-31)15-21-20-14-19(18-8-4-3-5-9-18)10-11-22(20)30-26(21)34/h3-5,8-11,14-15,27H,6-7,12-13H2,1-2H3,(H2,29,33)(H,30,34)(H,35,36). The highest BCUT2D eigenvalue weighted by Crippen LogP contribution is 2.38. The minimum atomic E-state index is -1.09. The number of amides is 2. The third-order valence-corrected chi connectivity index (χ3v) is 7.13. The van der Waals surface area contributed by atoms with Crippen LogP contribution in [0.25, 0.3) is 22.8 Å². The molecule has 2 aliphatic heterocycles. The normalized spacial score (nSPS) is 17.3. The molecule has 1 atom stereocenters. The van der Waals surface area contributed by atoms with Gasteiger partial charge in [0, 0.05) is 35.7 Å². The van der Waals surface area contributed by atoms with Crippen LogP contribution < -0.4 is 11.1 Å². The summed E-state index contributed by atoms with van der Waals surface area (Å²) in [5.41, 5.74) is 11.2. The smallest absolute Gasteiger partial charge is 0.337 e. The van der Waals surface area contributed by atoms with Crippen LogP contribution in [0.4, 0.5) is 5.69 Å². The van der Waals surface area contributed by atoms with E-state index in [1.807, 2.05) is 53.4 Å². The molecular weight excluding hydrogens is 456 g/mol. The first-order valence-electron chi connectivity index (χ1n) is 12.0. The van der Waals surface area contributed by atoms with Gasteiger partial charge in [-0.05, 0) is 61.6 Å². The molecule has 0 aliphatic carbocycles. The number of nitrogens with two attached hydrogens (primary N) is 1. The van der Waals surface area contributed by atoms with E-state index < -0.39 is 18.0 Å². The summed E-state index contributed by atoms with van der Waals surface area (Å²) >= 11 is 0. The molecule has 2 aromatic carbocycles. The molecule has 0 spiro atoms. The highest BCUT2D eigenvalue weighted by atomic mass is 16.4. The van der Waals surface area contributed by atoms with Crippen molar-refractivity contribution >= 4 is 35.1 Å². The second-order valence-corrected chi connectivity index (χ2v) is 9.30. The Bertz CT molecular complexity index is 1420. The van der Waals surface area contributed by atoms with Crippen LogP contribution in [0.1, 0.15) is 51.9 Å². The number of carbonyl (C=O) groups is 3. The average Bonchev–Trinajstić information content (AvgIpc) is 3.54. The molecule has 4 N–H and O–H groups in total. The third kappa shape index (κ3) is 3.89. The number of primary amides is 1. The highest BCUT2D eigenvalue weighted by molar-refractivity contribution is 6.35. The fourth-order valence-electron chi connectivity index (χ4n) is 5.42. The van der Waals surface area contributed by atoms with Crippen LogP contribution in [0.2, 0.25) is 0 Å². The summed E-state index contributed by atoms with van der Waals surface area (Å²) in [4.78, 5) is 39.9. The van der Waals surface area contributed by atoms with Gasteiger partial charge < -0.3 is 20.7 Å². The van der Waals surface area contributed by atoms with Crippen molar-refractivity contribution in [2.45, 2.75) is 32.9 Å². The van der Waals surface area contributed by atoms with E-state index in [1.165, 1.54) is 0 Å². The van der Waals surface area contributed by atoms with Gasteiger partial charge in [-0.25, -0.2) is 4.79 Å². The molecular formula is C28H28N4O4. The number of hydrogen-bond donors (Lipinski definition) is 3. The Morgan fingerprint density at radius 3 is 2.39 bits per heavy atom. The summed E-state index contributed by atoms with van der Waals surface area (Å²) in [5, 5.41) is 12.9. The number of benzene rings is 2. The predicted octanol–water partition coefficient (Wildman–Crippen LogP) is 4.04. The largest absolute Gasteiger partial charge is 0.478 e. The van der Waals surface area contributed by atoms with E-state index >= 15 is 0 Å². The fourth-order valence-corrected chi connectivity index (χ4v) is 5.42. The van der Waals surface area contributed by atoms with Gasteiger partial charge in [0.25, 0.3) is 11.8 Å². The van der Waals surface area contributed by atoms with Crippen LogP contribution in [-0.4, -0.2) is 45.4 Å². The van der Waals surface area contributed by atoms with Gasteiger partial charge in [-0.3, -0.25) is 14.5 Å². The molecule has 3 aromatic rings. The van der Waals surface area contributed by atoms with Crippen LogP contribution in [0, 0.1) is 13.8 Å². The molecule has 3 heterocycles. The molecule has 8 nitrogen and oxygen atoms in total. The summed E-state index contributed by atoms with van der Waals surface area (Å²) in [6.45, 7) is 4.76. The predicted molar refractivity (Wildman–Crippen MR) is 138 cm³/mol. The number of aromatic carboxylic acids is 1. The molecule has 2 amide bonds. The van der Waals surface area contributed by atoms with Crippen molar-refractivity contribution < 1.29 is 19.5 Å². The van der Waals surface area contributed by atoms with Crippen LogP contribution in [-0.2, 0) is 9.59 Å². The Hall–Kier alpha value is -4.17. The average molecular weight is 485 g/mol. The first kappa shape index (κ1) is 23.6. The number of carboxylic acids is 1. The molecule has 184 valence electrons. The van der Waals surface area contributed by atoms with E-state index in [0.29, 0.717) is 41.3 Å². The molecule has 5 rings (SSSR count). The first-order valence-corrected chi connectivity index (χ1v) is 12.0. The van der Waals surface area contributed by atoms with Crippen molar-refractivity contribution in [2.24, 2.45) is 5.73 Å². The van der Waals surface area contributed by atoms with E-state index in [9.17, 15) is 19.5 Å². The van der Waals surface area contributed by atoms with E-state index in [0.717, 1.165) is 29.5 Å². The molecule has 1 aromatic heterocycles. The first-order chi connectivity index (χ1) is 17.3. The van der Waals surface area contributed by atoms with Gasteiger partial charge in [0.15, 0.2) is 6.17 Å². The van der Waals surface area contributed by atoms with Crippen molar-refractivity contribution in [1.29, 1.82) is 0 Å². The summed E-state index contributed by atoms with van der Waals surface area (Å²) < 4.78 is 1.69. The van der Waals surface area contributed by atoms with E-state index in [1.54, 1.807) is 24.5 Å². The number of nitrogens with zero attached hydrogens (tertiary/aromatic N) is 2. The molecule has 36 heavy (non-hydrogen) atoms. The topological polar surface area (TPSA) is 118 Å². The van der Waals surface area contributed by atoms with Gasteiger partial charge in [-0.1, -0.05) is 36.4 Å². The molecule has 0 saturated carbocycles. The maximum Gasteiger partial charge on any atom is 0.337 e. The highest BCUT2D eigenvalue weighted by Gasteiger charge is 2.34. The van der Waals surface area contributed by atoms with Gasteiger partial charge in [0.05, 0.1) is 11.1 Å². The number of carbonyl (C=O) groups excluding carboxylic acids is 2. The van der Waals surface area contributed by atoms with Crippen molar-refractivity contribution in [3.63, 3.8) is 0 Å². The third-order valence-electron chi connectivity index (χ3n) is 7.13. The Morgan fingerprint density at radius 2 is 1.75 bits per heavy atom. The minimum absolute atomic E-state index is 0.115. The Balaban J connectivity index is 1.70.